The average Bonchev–Trinajstić information content (AvgIpc) is 2.80. The molecule has 0 heterocycles. The van der Waals surface area contributed by atoms with Gasteiger partial charge in [0.1, 0.15) is 17.4 Å². The summed E-state index contributed by atoms with van der Waals surface area (Å²) in [5.74, 6) is 0.0499. The van der Waals surface area contributed by atoms with Gasteiger partial charge >= 0.3 is 0 Å². The van der Waals surface area contributed by atoms with Crippen LogP contribution in [0.3, 0.4) is 0 Å². The highest BCUT2D eigenvalue weighted by Crippen LogP contribution is 2.33. The van der Waals surface area contributed by atoms with Crippen molar-refractivity contribution in [1.29, 1.82) is 0 Å². The Morgan fingerprint density at radius 1 is 1.06 bits per heavy atom. The average molecular weight is 425 g/mol. The predicted molar refractivity (Wildman–Crippen MR) is 121 cm³/mol. The van der Waals surface area contributed by atoms with Crippen LogP contribution in [0, 0.1) is 17.6 Å². The third kappa shape index (κ3) is 5.90. The Morgan fingerprint density at radius 3 is 2.68 bits per heavy atom. The fourth-order valence-electron chi connectivity index (χ4n) is 4.14. The zero-order valence-electron chi connectivity index (χ0n) is 18.3. The van der Waals surface area contributed by atoms with Crippen LogP contribution >= 0.6 is 0 Å². The van der Waals surface area contributed by atoms with Crippen molar-refractivity contribution in [2.45, 2.75) is 52.4 Å². The summed E-state index contributed by atoms with van der Waals surface area (Å²) in [6.45, 7) is 4.25. The molecule has 164 valence electrons. The van der Waals surface area contributed by atoms with E-state index in [-0.39, 0.29) is 24.7 Å². The number of fused-ring (bicyclic) bond motifs is 1. The van der Waals surface area contributed by atoms with Gasteiger partial charge in [-0.15, -0.1) is 0 Å². The number of hydrogen-bond acceptors (Lipinski definition) is 2. The Kier molecular flexibility index (Phi) is 8.16. The Hall–Kier alpha value is -2.75. The summed E-state index contributed by atoms with van der Waals surface area (Å²) in [4.78, 5) is 12.9. The summed E-state index contributed by atoms with van der Waals surface area (Å²) in [6.07, 6.45) is 11.3. The second-order valence-electron chi connectivity index (χ2n) is 7.75. The molecule has 2 nitrogen and oxygen atoms in total. The quantitative estimate of drug-likeness (QED) is 0.498. The van der Waals surface area contributed by atoms with Gasteiger partial charge in [-0.1, -0.05) is 37.6 Å². The van der Waals surface area contributed by atoms with E-state index in [1.165, 1.54) is 11.6 Å². The largest absolute Gasteiger partial charge is 0.493 e. The summed E-state index contributed by atoms with van der Waals surface area (Å²) in [6, 6.07) is 8.98. The molecule has 0 spiro atoms. The van der Waals surface area contributed by atoms with Crippen molar-refractivity contribution in [1.82, 2.24) is 0 Å². The van der Waals surface area contributed by atoms with Crippen molar-refractivity contribution in [3.05, 3.63) is 88.5 Å². The maximum absolute atomic E-state index is 13.7. The van der Waals surface area contributed by atoms with Crippen molar-refractivity contribution in [2.24, 2.45) is 5.92 Å². The fourth-order valence-corrected chi connectivity index (χ4v) is 4.14. The van der Waals surface area contributed by atoms with E-state index in [0.717, 1.165) is 55.4 Å². The molecule has 2 aromatic rings. The Balaban J connectivity index is 0.00000132. The first-order valence-corrected chi connectivity index (χ1v) is 11.2. The first-order valence-electron chi connectivity index (χ1n) is 11.2. The van der Waals surface area contributed by atoms with Crippen molar-refractivity contribution >= 4 is 5.78 Å². The van der Waals surface area contributed by atoms with Gasteiger partial charge in [-0.2, -0.15) is 0 Å². The highest BCUT2D eigenvalue weighted by molar-refractivity contribution is 6.00. The fraction of sp³-hybridized carbons (Fsp3) is 0.370. The predicted octanol–water partition coefficient (Wildman–Crippen LogP) is 7.02. The van der Waals surface area contributed by atoms with Gasteiger partial charge in [0.15, 0.2) is 5.78 Å². The van der Waals surface area contributed by atoms with Crippen LogP contribution < -0.4 is 4.74 Å². The van der Waals surface area contributed by atoms with E-state index in [2.05, 4.69) is 18.2 Å². The van der Waals surface area contributed by atoms with E-state index in [0.29, 0.717) is 11.3 Å². The third-order valence-electron chi connectivity index (χ3n) is 5.73. The van der Waals surface area contributed by atoms with Crippen LogP contribution in [0.1, 0.15) is 61.0 Å². The topological polar surface area (TPSA) is 26.3 Å². The number of carbonyl (C=O) groups is 1. The summed E-state index contributed by atoms with van der Waals surface area (Å²) >= 11 is 0. The molecule has 0 radical (unpaired) electrons. The molecule has 2 aliphatic rings. The van der Waals surface area contributed by atoms with Crippen molar-refractivity contribution in [3.8, 4) is 5.75 Å². The lowest BCUT2D eigenvalue weighted by Gasteiger charge is -2.25. The number of rotatable bonds is 6. The number of halogens is 2. The summed E-state index contributed by atoms with van der Waals surface area (Å²) < 4.78 is 32.7. The van der Waals surface area contributed by atoms with Gasteiger partial charge in [-0.05, 0) is 79.6 Å². The van der Waals surface area contributed by atoms with E-state index < -0.39 is 11.6 Å². The van der Waals surface area contributed by atoms with Crippen LogP contribution in [-0.2, 0) is 12.8 Å². The van der Waals surface area contributed by atoms with E-state index >= 15 is 0 Å². The minimum absolute atomic E-state index is 0.0583. The molecular formula is C27H30F2O2. The zero-order chi connectivity index (χ0) is 22.2. The molecule has 0 saturated heterocycles. The molecule has 31 heavy (non-hydrogen) atoms. The Bertz CT molecular complexity index is 975. The monoisotopic (exact) mass is 424 g/mol. The van der Waals surface area contributed by atoms with Crippen LogP contribution in [0.15, 0.2) is 60.2 Å². The molecule has 0 aromatic heterocycles. The molecule has 0 fully saturated rings. The van der Waals surface area contributed by atoms with Gasteiger partial charge in [0.2, 0.25) is 0 Å². The Labute approximate surface area is 183 Å². The lowest BCUT2D eigenvalue weighted by molar-refractivity contribution is 0.0900. The standard InChI is InChI=1S/C25H24F2O2.C2H6/c26-21-8-11-24(27)19(15-21)12-13-29-22-9-10-23-18(16-22)6-7-20(25(23)28)14-17-4-2-1-3-5-17;1-2/h1-2,4,8-11,15-16,20H,3,5-7,12-14H2;1-2H3. The minimum atomic E-state index is -0.455. The normalized spacial score (nSPS) is 17.4. The molecule has 0 bridgehead atoms. The maximum atomic E-state index is 13.7. The molecule has 4 heteroatoms. The van der Waals surface area contributed by atoms with Gasteiger partial charge in [0, 0.05) is 17.9 Å². The molecule has 4 rings (SSSR count). The molecule has 2 aromatic carbocycles. The summed E-state index contributed by atoms with van der Waals surface area (Å²) in [5.41, 5.74) is 3.46. The third-order valence-corrected chi connectivity index (χ3v) is 5.73. The number of carbonyl (C=O) groups excluding carboxylic acids is 1. The number of Topliss-reactive ketones (excluding diaryl/α,β-unsaturated/α-hetero) is 1. The molecular weight excluding hydrogens is 394 g/mol. The van der Waals surface area contributed by atoms with Crippen LogP contribution in [0.25, 0.3) is 0 Å². The second-order valence-corrected chi connectivity index (χ2v) is 7.75. The zero-order valence-corrected chi connectivity index (χ0v) is 18.3. The number of aryl methyl sites for hydroxylation is 1. The van der Waals surface area contributed by atoms with Gasteiger partial charge in [-0.25, -0.2) is 8.78 Å². The van der Waals surface area contributed by atoms with E-state index in [9.17, 15) is 13.6 Å². The molecule has 0 amide bonds. The van der Waals surface area contributed by atoms with Crippen LogP contribution in [0.5, 0.6) is 5.75 Å². The summed E-state index contributed by atoms with van der Waals surface area (Å²) in [7, 11) is 0. The van der Waals surface area contributed by atoms with E-state index in [1.807, 2.05) is 26.0 Å². The number of benzene rings is 2. The minimum Gasteiger partial charge on any atom is -0.493 e. The highest BCUT2D eigenvalue weighted by atomic mass is 19.1. The van der Waals surface area contributed by atoms with Gasteiger partial charge in [0.05, 0.1) is 6.61 Å². The molecule has 1 unspecified atom stereocenters. The van der Waals surface area contributed by atoms with Gasteiger partial charge in [-0.3, -0.25) is 4.79 Å². The first kappa shape index (κ1) is 22.9. The number of ketones is 1. The molecule has 0 aliphatic heterocycles. The highest BCUT2D eigenvalue weighted by Gasteiger charge is 2.28. The van der Waals surface area contributed by atoms with Crippen molar-refractivity contribution in [3.63, 3.8) is 0 Å². The molecule has 2 aliphatic carbocycles. The van der Waals surface area contributed by atoms with Crippen molar-refractivity contribution in [2.75, 3.05) is 6.61 Å². The second kappa shape index (κ2) is 11.0. The van der Waals surface area contributed by atoms with E-state index in [4.69, 9.17) is 4.74 Å². The molecule has 0 saturated carbocycles. The lowest BCUT2D eigenvalue weighted by atomic mass is 9.78. The molecule has 1 atom stereocenters. The smallest absolute Gasteiger partial charge is 0.166 e. The maximum Gasteiger partial charge on any atom is 0.166 e. The summed E-state index contributed by atoms with van der Waals surface area (Å²) in [5, 5.41) is 0. The molecule has 0 N–H and O–H groups in total. The Morgan fingerprint density at radius 2 is 1.90 bits per heavy atom. The van der Waals surface area contributed by atoms with Gasteiger partial charge < -0.3 is 4.74 Å². The SMILES string of the molecule is CC.O=C1c2ccc(OCCc3cc(F)ccc3F)cc2CCC1CC1=CC=CCC1. The van der Waals surface area contributed by atoms with Crippen LogP contribution in [-0.4, -0.2) is 12.4 Å². The van der Waals surface area contributed by atoms with Crippen molar-refractivity contribution < 1.29 is 18.3 Å². The number of allylic oxidation sites excluding steroid dienone is 4. The van der Waals surface area contributed by atoms with Crippen LogP contribution in [0.2, 0.25) is 0 Å². The number of ether oxygens (including phenoxy) is 1. The first-order chi connectivity index (χ1) is 15.1. The van der Waals surface area contributed by atoms with Gasteiger partial charge in [0.25, 0.3) is 0 Å². The number of hydrogen-bond donors (Lipinski definition) is 0. The van der Waals surface area contributed by atoms with E-state index in [1.54, 1.807) is 6.07 Å². The lowest BCUT2D eigenvalue weighted by Crippen LogP contribution is -2.23. The van der Waals surface area contributed by atoms with Crippen LogP contribution in [0.4, 0.5) is 8.78 Å².